The lowest BCUT2D eigenvalue weighted by Crippen LogP contribution is -2.43. The predicted octanol–water partition coefficient (Wildman–Crippen LogP) is 3.10. The van der Waals surface area contributed by atoms with Gasteiger partial charge in [-0.3, -0.25) is 0 Å². The van der Waals surface area contributed by atoms with Crippen LogP contribution in [-0.2, 0) is 14.3 Å². The molecule has 1 aromatic heterocycles. The Kier molecular flexibility index (Phi) is 4.01. The van der Waals surface area contributed by atoms with E-state index in [4.69, 9.17) is 9.47 Å². The van der Waals surface area contributed by atoms with Crippen molar-refractivity contribution in [2.45, 2.75) is 6.92 Å². The molecule has 92 valence electrons. The van der Waals surface area contributed by atoms with Crippen molar-refractivity contribution in [2.24, 2.45) is 5.41 Å². The summed E-state index contributed by atoms with van der Waals surface area (Å²) in [4.78, 5) is 12.5. The fourth-order valence-corrected chi connectivity index (χ4v) is 2.72. The number of carbonyl (C=O) groups excluding carboxylic acids is 1. The largest absolute Gasteiger partial charge is 0.462 e. The molecule has 3 nitrogen and oxygen atoms in total. The van der Waals surface area contributed by atoms with Crippen LogP contribution in [0.5, 0.6) is 0 Å². The molecule has 1 aliphatic heterocycles. The molecule has 0 N–H and O–H groups in total. The molecule has 0 spiro atoms. The van der Waals surface area contributed by atoms with Crippen LogP contribution in [0.4, 0.5) is 0 Å². The van der Waals surface area contributed by atoms with Crippen LogP contribution >= 0.6 is 27.3 Å². The molecule has 17 heavy (non-hydrogen) atoms. The molecular weight excluding hydrogens is 304 g/mol. The van der Waals surface area contributed by atoms with E-state index < -0.39 is 0 Å². The van der Waals surface area contributed by atoms with Crippen LogP contribution in [0.25, 0.3) is 6.08 Å². The fraction of sp³-hybridized carbons (Fsp3) is 0.417. The molecule has 2 heterocycles. The number of halogens is 1. The van der Waals surface area contributed by atoms with E-state index in [9.17, 15) is 4.79 Å². The lowest BCUT2D eigenvalue weighted by Gasteiger charge is -2.36. The molecule has 0 bridgehead atoms. The summed E-state index contributed by atoms with van der Waals surface area (Å²) in [5.41, 5.74) is 0.00938. The van der Waals surface area contributed by atoms with Crippen molar-refractivity contribution in [1.29, 1.82) is 0 Å². The molecule has 0 saturated carbocycles. The SMILES string of the molecule is CC1(COC(=O)/C=C/c2ccc(Br)s2)COC1. The van der Waals surface area contributed by atoms with Crippen LogP contribution in [0.3, 0.4) is 0 Å². The zero-order chi connectivity index (χ0) is 12.3. The van der Waals surface area contributed by atoms with E-state index in [0.29, 0.717) is 19.8 Å². The topological polar surface area (TPSA) is 35.5 Å². The highest BCUT2D eigenvalue weighted by Gasteiger charge is 2.34. The number of ether oxygens (including phenoxy) is 2. The first-order valence-electron chi connectivity index (χ1n) is 5.25. The van der Waals surface area contributed by atoms with Gasteiger partial charge in [0.25, 0.3) is 0 Å². The summed E-state index contributed by atoms with van der Waals surface area (Å²) >= 11 is 4.94. The minimum absolute atomic E-state index is 0.00938. The zero-order valence-corrected chi connectivity index (χ0v) is 11.8. The molecule has 0 radical (unpaired) electrons. The first-order valence-corrected chi connectivity index (χ1v) is 6.86. The molecule has 0 unspecified atom stereocenters. The van der Waals surface area contributed by atoms with Gasteiger partial charge in [-0.15, -0.1) is 11.3 Å². The van der Waals surface area contributed by atoms with Gasteiger partial charge in [-0.2, -0.15) is 0 Å². The molecule has 5 heteroatoms. The molecule has 1 aromatic rings. The Morgan fingerprint density at radius 1 is 1.65 bits per heavy atom. The fourth-order valence-electron chi connectivity index (χ4n) is 1.40. The number of esters is 1. The highest BCUT2D eigenvalue weighted by atomic mass is 79.9. The normalized spacial score (nSPS) is 18.0. The van der Waals surface area contributed by atoms with Gasteiger partial charge in [0.05, 0.1) is 17.0 Å². The maximum absolute atomic E-state index is 11.5. The Morgan fingerprint density at radius 3 is 2.94 bits per heavy atom. The Labute approximate surface area is 113 Å². The highest BCUT2D eigenvalue weighted by molar-refractivity contribution is 9.11. The predicted molar refractivity (Wildman–Crippen MR) is 70.9 cm³/mol. The summed E-state index contributed by atoms with van der Waals surface area (Å²) < 4.78 is 11.3. The average molecular weight is 317 g/mol. The van der Waals surface area contributed by atoms with Gasteiger partial charge in [0, 0.05) is 16.4 Å². The third kappa shape index (κ3) is 3.66. The number of rotatable bonds is 4. The van der Waals surface area contributed by atoms with Crippen LogP contribution in [-0.4, -0.2) is 25.8 Å². The summed E-state index contributed by atoms with van der Waals surface area (Å²) in [6.45, 7) is 3.80. The second-order valence-electron chi connectivity index (χ2n) is 4.39. The quantitative estimate of drug-likeness (QED) is 0.632. The average Bonchev–Trinajstić information content (AvgIpc) is 2.67. The maximum Gasteiger partial charge on any atom is 0.330 e. The van der Waals surface area contributed by atoms with Gasteiger partial charge in [0.15, 0.2) is 0 Å². The van der Waals surface area contributed by atoms with Gasteiger partial charge in [0.2, 0.25) is 0 Å². The first kappa shape index (κ1) is 12.8. The van der Waals surface area contributed by atoms with Crippen molar-refractivity contribution >= 4 is 39.3 Å². The van der Waals surface area contributed by atoms with Crippen LogP contribution in [0.1, 0.15) is 11.8 Å². The van der Waals surface area contributed by atoms with E-state index in [-0.39, 0.29) is 11.4 Å². The van der Waals surface area contributed by atoms with Crippen molar-refractivity contribution in [3.05, 3.63) is 26.9 Å². The van der Waals surface area contributed by atoms with Crippen molar-refractivity contribution in [3.63, 3.8) is 0 Å². The minimum Gasteiger partial charge on any atom is -0.462 e. The van der Waals surface area contributed by atoms with Crippen molar-refractivity contribution in [2.75, 3.05) is 19.8 Å². The Hall–Kier alpha value is -0.650. The van der Waals surface area contributed by atoms with Gasteiger partial charge in [-0.25, -0.2) is 4.79 Å². The summed E-state index contributed by atoms with van der Waals surface area (Å²) in [6.07, 6.45) is 3.22. The van der Waals surface area contributed by atoms with Crippen molar-refractivity contribution < 1.29 is 14.3 Å². The zero-order valence-electron chi connectivity index (χ0n) is 9.44. The van der Waals surface area contributed by atoms with Gasteiger partial charge >= 0.3 is 5.97 Å². The summed E-state index contributed by atoms with van der Waals surface area (Å²) in [6, 6.07) is 3.89. The standard InChI is InChI=1S/C12H13BrO3S/c1-12(6-15-7-12)8-16-11(14)5-3-9-2-4-10(13)17-9/h2-5H,6-8H2,1H3/b5-3+. The van der Waals surface area contributed by atoms with Crippen LogP contribution in [0.2, 0.25) is 0 Å². The number of carbonyl (C=O) groups is 1. The van der Waals surface area contributed by atoms with E-state index >= 15 is 0 Å². The van der Waals surface area contributed by atoms with Gasteiger partial charge in [0.1, 0.15) is 6.61 Å². The summed E-state index contributed by atoms with van der Waals surface area (Å²) in [5, 5.41) is 0. The second-order valence-corrected chi connectivity index (χ2v) is 6.88. The Balaban J connectivity index is 1.79. The van der Waals surface area contributed by atoms with Crippen molar-refractivity contribution in [1.82, 2.24) is 0 Å². The van der Waals surface area contributed by atoms with Gasteiger partial charge in [-0.1, -0.05) is 6.92 Å². The van der Waals surface area contributed by atoms with Crippen LogP contribution < -0.4 is 0 Å². The van der Waals surface area contributed by atoms with E-state index in [1.165, 1.54) is 6.08 Å². The molecule has 0 amide bonds. The summed E-state index contributed by atoms with van der Waals surface area (Å²) in [7, 11) is 0. The Morgan fingerprint density at radius 2 is 2.41 bits per heavy atom. The smallest absolute Gasteiger partial charge is 0.330 e. The molecule has 0 aliphatic carbocycles. The number of hydrogen-bond donors (Lipinski definition) is 0. The Bertz CT molecular complexity index is 435. The third-order valence-corrected chi connectivity index (χ3v) is 4.03. The van der Waals surface area contributed by atoms with Crippen LogP contribution in [0.15, 0.2) is 22.0 Å². The van der Waals surface area contributed by atoms with E-state index in [1.54, 1.807) is 17.4 Å². The highest BCUT2D eigenvalue weighted by Crippen LogP contribution is 2.26. The molecule has 0 aromatic carbocycles. The van der Waals surface area contributed by atoms with Crippen molar-refractivity contribution in [3.8, 4) is 0 Å². The van der Waals surface area contributed by atoms with Gasteiger partial charge in [-0.05, 0) is 34.1 Å². The number of hydrogen-bond acceptors (Lipinski definition) is 4. The van der Waals surface area contributed by atoms with E-state index in [1.807, 2.05) is 19.1 Å². The molecule has 1 fully saturated rings. The summed E-state index contributed by atoms with van der Waals surface area (Å²) in [5.74, 6) is -0.303. The lowest BCUT2D eigenvalue weighted by molar-refractivity contribution is -0.160. The first-order chi connectivity index (χ1) is 8.07. The van der Waals surface area contributed by atoms with Gasteiger partial charge < -0.3 is 9.47 Å². The minimum atomic E-state index is -0.303. The monoisotopic (exact) mass is 316 g/mol. The third-order valence-electron chi connectivity index (χ3n) is 2.44. The number of thiophene rings is 1. The van der Waals surface area contributed by atoms with E-state index in [2.05, 4.69) is 15.9 Å². The molecule has 1 aliphatic rings. The van der Waals surface area contributed by atoms with E-state index in [0.717, 1.165) is 8.66 Å². The second kappa shape index (κ2) is 5.33. The van der Waals surface area contributed by atoms with Crippen LogP contribution in [0, 0.1) is 5.41 Å². The maximum atomic E-state index is 11.5. The molecule has 0 atom stereocenters. The lowest BCUT2D eigenvalue weighted by atomic mass is 9.90. The molecular formula is C12H13BrO3S. The molecule has 2 rings (SSSR count). The molecule has 1 saturated heterocycles.